The molecule has 5 atom stereocenters. The SMILES string of the molecule is C[Si](C)(C)OC12C[C@@H](OC1O)[C@@H]1OC3(CCCCC3)O[C@@H]1C2. The van der Waals surface area contributed by atoms with Crippen LogP contribution in [0.4, 0.5) is 0 Å². The van der Waals surface area contributed by atoms with Crippen molar-refractivity contribution >= 4 is 8.32 Å². The number of hydrogen-bond donors (Lipinski definition) is 1. The Morgan fingerprint density at radius 1 is 1.00 bits per heavy atom. The van der Waals surface area contributed by atoms with E-state index in [1.807, 2.05) is 0 Å². The maximum atomic E-state index is 10.4. The quantitative estimate of drug-likeness (QED) is 0.790. The van der Waals surface area contributed by atoms with E-state index in [0.717, 1.165) is 19.3 Å². The molecule has 0 aromatic rings. The Morgan fingerprint density at radius 2 is 1.68 bits per heavy atom. The second-order valence-electron chi connectivity index (χ2n) is 8.42. The summed E-state index contributed by atoms with van der Waals surface area (Å²) < 4.78 is 24.9. The lowest BCUT2D eigenvalue weighted by Crippen LogP contribution is -2.54. The zero-order valence-electron chi connectivity index (χ0n) is 13.8. The number of fused-ring (bicyclic) bond motifs is 4. The van der Waals surface area contributed by atoms with E-state index in [2.05, 4.69) is 19.6 Å². The van der Waals surface area contributed by atoms with Crippen LogP contribution in [0.2, 0.25) is 19.6 Å². The molecule has 0 amide bonds. The maximum Gasteiger partial charge on any atom is 0.184 e. The van der Waals surface area contributed by atoms with Gasteiger partial charge in [-0.2, -0.15) is 0 Å². The molecule has 5 nitrogen and oxygen atoms in total. The predicted molar refractivity (Wildman–Crippen MR) is 82.8 cm³/mol. The first-order chi connectivity index (χ1) is 10.3. The lowest BCUT2D eigenvalue weighted by Gasteiger charge is -2.41. The summed E-state index contributed by atoms with van der Waals surface area (Å²) in [5.74, 6) is -0.396. The fourth-order valence-corrected chi connectivity index (χ4v) is 6.22. The van der Waals surface area contributed by atoms with Gasteiger partial charge in [0, 0.05) is 25.7 Å². The lowest BCUT2D eigenvalue weighted by molar-refractivity contribution is -0.219. The van der Waals surface area contributed by atoms with Crippen molar-refractivity contribution in [1.29, 1.82) is 0 Å². The molecule has 2 saturated heterocycles. The highest BCUT2D eigenvalue weighted by Crippen LogP contribution is 2.52. The van der Waals surface area contributed by atoms with Crippen LogP contribution >= 0.6 is 0 Å². The van der Waals surface area contributed by atoms with Gasteiger partial charge in [-0.25, -0.2) is 0 Å². The molecule has 126 valence electrons. The minimum atomic E-state index is -1.78. The molecule has 1 spiro atoms. The highest BCUT2D eigenvalue weighted by molar-refractivity contribution is 6.69. The molecule has 0 aromatic heterocycles. The van der Waals surface area contributed by atoms with E-state index in [4.69, 9.17) is 18.6 Å². The van der Waals surface area contributed by atoms with Crippen LogP contribution in [-0.2, 0) is 18.6 Å². The maximum absolute atomic E-state index is 10.4. The molecule has 4 aliphatic rings. The first-order valence-corrected chi connectivity index (χ1v) is 12.1. The average Bonchev–Trinajstić information content (AvgIpc) is 2.87. The molecule has 22 heavy (non-hydrogen) atoms. The lowest BCUT2D eigenvalue weighted by atomic mass is 9.82. The van der Waals surface area contributed by atoms with E-state index < -0.39 is 26.0 Å². The van der Waals surface area contributed by atoms with E-state index >= 15 is 0 Å². The molecule has 2 bridgehead atoms. The van der Waals surface area contributed by atoms with Crippen LogP contribution in [0.5, 0.6) is 0 Å². The number of ether oxygens (including phenoxy) is 3. The Labute approximate surface area is 133 Å². The molecular formula is C16H28O5Si. The van der Waals surface area contributed by atoms with Crippen molar-refractivity contribution in [3.8, 4) is 0 Å². The van der Waals surface area contributed by atoms with Gasteiger partial charge in [0.2, 0.25) is 0 Å². The van der Waals surface area contributed by atoms with Crippen LogP contribution in [0.25, 0.3) is 0 Å². The van der Waals surface area contributed by atoms with Crippen LogP contribution in [0.3, 0.4) is 0 Å². The standard InChI is InChI=1S/C16H28O5Si/c1-22(2,3)21-15-9-11(18-14(15)17)13-12(10-15)19-16(20-13)7-5-4-6-8-16/h11-14,17H,4-10H2,1-3H3/t11-,12-,13+,14?,15?/m1/s1. The van der Waals surface area contributed by atoms with Gasteiger partial charge in [0.25, 0.3) is 0 Å². The van der Waals surface area contributed by atoms with Gasteiger partial charge in [0.15, 0.2) is 20.4 Å². The highest BCUT2D eigenvalue weighted by atomic mass is 28.4. The van der Waals surface area contributed by atoms with Crippen LogP contribution in [0, 0.1) is 0 Å². The smallest absolute Gasteiger partial charge is 0.184 e. The predicted octanol–water partition coefficient (Wildman–Crippen LogP) is 2.53. The number of hydrogen-bond acceptors (Lipinski definition) is 5. The van der Waals surface area contributed by atoms with Crippen LogP contribution < -0.4 is 0 Å². The molecule has 0 aromatic carbocycles. The molecule has 2 heterocycles. The zero-order valence-corrected chi connectivity index (χ0v) is 14.8. The first kappa shape index (κ1) is 15.5. The minimum absolute atomic E-state index is 0.00894. The van der Waals surface area contributed by atoms with Gasteiger partial charge in [-0.3, -0.25) is 0 Å². The molecule has 2 unspecified atom stereocenters. The molecular weight excluding hydrogens is 300 g/mol. The molecule has 6 heteroatoms. The Kier molecular flexibility index (Phi) is 3.54. The molecule has 2 aliphatic carbocycles. The van der Waals surface area contributed by atoms with Crippen LogP contribution in [0.15, 0.2) is 0 Å². The summed E-state index contributed by atoms with van der Waals surface area (Å²) in [6.07, 6.45) is 5.96. The fourth-order valence-electron chi connectivity index (χ4n) is 4.73. The summed E-state index contributed by atoms with van der Waals surface area (Å²) in [4.78, 5) is 0. The van der Waals surface area contributed by atoms with Gasteiger partial charge in [-0.15, -0.1) is 0 Å². The van der Waals surface area contributed by atoms with Gasteiger partial charge in [0.05, 0.1) is 12.2 Å². The van der Waals surface area contributed by atoms with Crippen molar-refractivity contribution in [3.05, 3.63) is 0 Å². The minimum Gasteiger partial charge on any atom is -0.407 e. The topological polar surface area (TPSA) is 57.2 Å². The third-order valence-corrected chi connectivity index (χ3v) is 6.44. The van der Waals surface area contributed by atoms with Crippen molar-refractivity contribution in [1.82, 2.24) is 0 Å². The van der Waals surface area contributed by atoms with Gasteiger partial charge in [-0.05, 0) is 32.5 Å². The number of aliphatic hydroxyl groups is 1. The van der Waals surface area contributed by atoms with Crippen LogP contribution in [0.1, 0.15) is 44.9 Å². The van der Waals surface area contributed by atoms with E-state index in [0.29, 0.717) is 6.42 Å². The first-order valence-electron chi connectivity index (χ1n) is 8.70. The third-order valence-electron chi connectivity index (χ3n) is 5.42. The number of aliphatic hydroxyl groups excluding tert-OH is 1. The molecule has 4 rings (SSSR count). The zero-order chi connectivity index (χ0) is 15.6. The highest BCUT2D eigenvalue weighted by Gasteiger charge is 2.64. The van der Waals surface area contributed by atoms with Crippen molar-refractivity contribution < 1.29 is 23.7 Å². The third kappa shape index (κ3) is 2.48. The van der Waals surface area contributed by atoms with Gasteiger partial charge in [0.1, 0.15) is 11.7 Å². The van der Waals surface area contributed by atoms with Gasteiger partial charge >= 0.3 is 0 Å². The molecule has 4 fully saturated rings. The summed E-state index contributed by atoms with van der Waals surface area (Å²) in [6, 6.07) is 0. The number of rotatable bonds is 2. The summed E-state index contributed by atoms with van der Waals surface area (Å²) in [5.41, 5.74) is -0.597. The molecule has 2 saturated carbocycles. The molecule has 0 radical (unpaired) electrons. The summed E-state index contributed by atoms with van der Waals surface area (Å²) in [5, 5.41) is 10.4. The monoisotopic (exact) mass is 328 g/mol. The van der Waals surface area contributed by atoms with Gasteiger partial charge < -0.3 is 23.7 Å². The Morgan fingerprint density at radius 3 is 2.36 bits per heavy atom. The van der Waals surface area contributed by atoms with Crippen molar-refractivity contribution in [2.24, 2.45) is 0 Å². The Bertz CT molecular complexity index is 444. The average molecular weight is 328 g/mol. The Hall–Kier alpha value is 0.0169. The van der Waals surface area contributed by atoms with E-state index in [-0.39, 0.29) is 18.3 Å². The summed E-state index contributed by atoms with van der Waals surface area (Å²) in [7, 11) is -1.78. The fraction of sp³-hybridized carbons (Fsp3) is 1.00. The largest absolute Gasteiger partial charge is 0.407 e. The molecule has 1 N–H and O–H groups in total. The van der Waals surface area contributed by atoms with Crippen molar-refractivity contribution in [2.45, 2.75) is 101 Å². The van der Waals surface area contributed by atoms with Crippen molar-refractivity contribution in [2.75, 3.05) is 0 Å². The normalized spacial score (nSPS) is 46.9. The summed E-state index contributed by atoms with van der Waals surface area (Å²) in [6.45, 7) is 6.47. The second kappa shape index (κ2) is 5.01. The van der Waals surface area contributed by atoms with E-state index in [9.17, 15) is 5.11 Å². The van der Waals surface area contributed by atoms with E-state index in [1.165, 1.54) is 19.3 Å². The molecule has 2 aliphatic heterocycles. The van der Waals surface area contributed by atoms with Gasteiger partial charge in [-0.1, -0.05) is 6.42 Å². The van der Waals surface area contributed by atoms with Crippen LogP contribution in [-0.4, -0.2) is 49.4 Å². The van der Waals surface area contributed by atoms with E-state index in [1.54, 1.807) is 0 Å². The Balaban J connectivity index is 1.56. The second-order valence-corrected chi connectivity index (χ2v) is 12.9. The van der Waals surface area contributed by atoms with Crippen molar-refractivity contribution in [3.63, 3.8) is 0 Å². The summed E-state index contributed by atoms with van der Waals surface area (Å²) >= 11 is 0.